The van der Waals surface area contributed by atoms with Crippen LogP contribution < -0.4 is 4.90 Å². The van der Waals surface area contributed by atoms with Gasteiger partial charge in [0.2, 0.25) is 0 Å². The third-order valence-electron chi connectivity index (χ3n) is 3.35. The molecule has 2 rings (SSSR count). The van der Waals surface area contributed by atoms with Crippen LogP contribution in [-0.4, -0.2) is 12.2 Å². The second-order valence-electron chi connectivity index (χ2n) is 5.04. The SMILES string of the molecule is CC(O)c1ccc(C#N)cc1N(C)Cc1ccc(Cl)cc1. The molecule has 0 aliphatic carbocycles. The van der Waals surface area contributed by atoms with E-state index in [0.717, 1.165) is 16.8 Å². The minimum Gasteiger partial charge on any atom is -0.389 e. The van der Waals surface area contributed by atoms with Crippen molar-refractivity contribution in [2.24, 2.45) is 0 Å². The van der Waals surface area contributed by atoms with Crippen molar-refractivity contribution in [1.82, 2.24) is 0 Å². The first-order chi connectivity index (χ1) is 10.0. The summed E-state index contributed by atoms with van der Waals surface area (Å²) >= 11 is 5.89. The zero-order valence-electron chi connectivity index (χ0n) is 12.0. The summed E-state index contributed by atoms with van der Waals surface area (Å²) in [7, 11) is 1.94. The summed E-state index contributed by atoms with van der Waals surface area (Å²) in [5, 5.41) is 19.6. The summed E-state index contributed by atoms with van der Waals surface area (Å²) in [6.07, 6.45) is -0.583. The summed E-state index contributed by atoms with van der Waals surface area (Å²) in [5.41, 5.74) is 3.36. The second kappa shape index (κ2) is 6.62. The maximum Gasteiger partial charge on any atom is 0.0992 e. The van der Waals surface area contributed by atoms with Gasteiger partial charge in [-0.05, 0) is 36.8 Å². The molecule has 0 bridgehead atoms. The van der Waals surface area contributed by atoms with E-state index >= 15 is 0 Å². The molecule has 2 aromatic rings. The van der Waals surface area contributed by atoms with Gasteiger partial charge in [-0.25, -0.2) is 0 Å². The number of hydrogen-bond donors (Lipinski definition) is 1. The van der Waals surface area contributed by atoms with Crippen LogP contribution in [0.2, 0.25) is 5.02 Å². The Morgan fingerprint density at radius 2 is 1.90 bits per heavy atom. The largest absolute Gasteiger partial charge is 0.389 e. The summed E-state index contributed by atoms with van der Waals surface area (Å²) in [6.45, 7) is 2.40. The van der Waals surface area contributed by atoms with Crippen molar-refractivity contribution in [3.8, 4) is 6.07 Å². The molecule has 2 aromatic carbocycles. The molecule has 4 heteroatoms. The molecule has 1 unspecified atom stereocenters. The molecular formula is C17H17ClN2O. The summed E-state index contributed by atoms with van der Waals surface area (Å²) in [4.78, 5) is 2.02. The highest BCUT2D eigenvalue weighted by Crippen LogP contribution is 2.28. The fourth-order valence-electron chi connectivity index (χ4n) is 2.25. The molecule has 1 N–H and O–H groups in total. The Morgan fingerprint density at radius 3 is 2.48 bits per heavy atom. The number of rotatable bonds is 4. The van der Waals surface area contributed by atoms with Gasteiger partial charge in [-0.3, -0.25) is 0 Å². The first kappa shape index (κ1) is 15.4. The Morgan fingerprint density at radius 1 is 1.24 bits per heavy atom. The van der Waals surface area contributed by atoms with Crippen LogP contribution in [0.3, 0.4) is 0 Å². The van der Waals surface area contributed by atoms with Gasteiger partial charge in [0.05, 0.1) is 17.7 Å². The van der Waals surface area contributed by atoms with Gasteiger partial charge in [-0.1, -0.05) is 29.8 Å². The molecule has 3 nitrogen and oxygen atoms in total. The molecule has 0 fully saturated rings. The number of halogens is 1. The minimum atomic E-state index is -0.583. The molecule has 0 radical (unpaired) electrons. The molecule has 1 atom stereocenters. The van der Waals surface area contributed by atoms with Gasteiger partial charge in [0.15, 0.2) is 0 Å². The molecule has 0 aliphatic rings. The first-order valence-electron chi connectivity index (χ1n) is 6.69. The van der Waals surface area contributed by atoms with Gasteiger partial charge in [0.1, 0.15) is 0 Å². The van der Waals surface area contributed by atoms with Crippen LogP contribution in [-0.2, 0) is 6.54 Å². The van der Waals surface area contributed by atoms with E-state index in [1.807, 2.05) is 36.2 Å². The van der Waals surface area contributed by atoms with Crippen LogP contribution >= 0.6 is 11.6 Å². The second-order valence-corrected chi connectivity index (χ2v) is 5.48. The van der Waals surface area contributed by atoms with Crippen LogP contribution in [0.4, 0.5) is 5.69 Å². The molecule has 0 aliphatic heterocycles. The number of benzene rings is 2. The number of aliphatic hydroxyl groups excluding tert-OH is 1. The quantitative estimate of drug-likeness (QED) is 0.931. The standard InChI is InChI=1S/C17H17ClN2O/c1-12(21)16-8-5-14(10-19)9-17(16)20(2)11-13-3-6-15(18)7-4-13/h3-9,12,21H,11H2,1-2H3. The fraction of sp³-hybridized carbons (Fsp3) is 0.235. The van der Waals surface area contributed by atoms with Crippen molar-refractivity contribution in [1.29, 1.82) is 5.26 Å². The predicted octanol–water partition coefficient (Wildman–Crippen LogP) is 3.90. The molecule has 0 aromatic heterocycles. The lowest BCUT2D eigenvalue weighted by Crippen LogP contribution is -2.18. The van der Waals surface area contributed by atoms with E-state index in [2.05, 4.69) is 6.07 Å². The van der Waals surface area contributed by atoms with Gasteiger partial charge in [-0.15, -0.1) is 0 Å². The Kier molecular flexibility index (Phi) is 4.85. The molecule has 0 spiro atoms. The normalized spacial score (nSPS) is 11.8. The molecular weight excluding hydrogens is 284 g/mol. The molecule has 21 heavy (non-hydrogen) atoms. The van der Waals surface area contributed by atoms with Crippen molar-refractivity contribution in [2.45, 2.75) is 19.6 Å². The lowest BCUT2D eigenvalue weighted by Gasteiger charge is -2.24. The van der Waals surface area contributed by atoms with Crippen molar-refractivity contribution in [2.75, 3.05) is 11.9 Å². The monoisotopic (exact) mass is 300 g/mol. The molecule has 0 saturated carbocycles. The van der Waals surface area contributed by atoms with E-state index in [9.17, 15) is 5.11 Å². The van der Waals surface area contributed by atoms with Crippen LogP contribution in [0, 0.1) is 11.3 Å². The Hall–Kier alpha value is -2.02. The van der Waals surface area contributed by atoms with E-state index in [4.69, 9.17) is 16.9 Å². The van der Waals surface area contributed by atoms with E-state index in [0.29, 0.717) is 17.1 Å². The average molecular weight is 301 g/mol. The van der Waals surface area contributed by atoms with E-state index in [-0.39, 0.29) is 0 Å². The number of hydrogen-bond acceptors (Lipinski definition) is 3. The first-order valence-corrected chi connectivity index (χ1v) is 7.06. The lowest BCUT2D eigenvalue weighted by atomic mass is 10.0. The van der Waals surface area contributed by atoms with Gasteiger partial charge in [-0.2, -0.15) is 5.26 Å². The number of nitriles is 1. The topological polar surface area (TPSA) is 47.3 Å². The van der Waals surface area contributed by atoms with Gasteiger partial charge in [0, 0.05) is 29.9 Å². The zero-order valence-corrected chi connectivity index (χ0v) is 12.8. The maximum absolute atomic E-state index is 9.89. The minimum absolute atomic E-state index is 0.581. The van der Waals surface area contributed by atoms with Gasteiger partial charge in [0.25, 0.3) is 0 Å². The maximum atomic E-state index is 9.89. The Labute approximate surface area is 130 Å². The lowest BCUT2D eigenvalue weighted by molar-refractivity contribution is 0.199. The van der Waals surface area contributed by atoms with Crippen LogP contribution in [0.5, 0.6) is 0 Å². The average Bonchev–Trinajstić information content (AvgIpc) is 2.48. The van der Waals surface area contributed by atoms with E-state index in [1.54, 1.807) is 25.1 Å². The zero-order chi connectivity index (χ0) is 15.4. The van der Waals surface area contributed by atoms with Crippen molar-refractivity contribution >= 4 is 17.3 Å². The highest BCUT2D eigenvalue weighted by atomic mass is 35.5. The van der Waals surface area contributed by atoms with E-state index < -0.39 is 6.10 Å². The predicted molar refractivity (Wildman–Crippen MR) is 85.3 cm³/mol. The Bertz CT molecular complexity index is 659. The molecule has 0 saturated heterocycles. The van der Waals surface area contributed by atoms with Crippen molar-refractivity contribution in [3.63, 3.8) is 0 Å². The smallest absolute Gasteiger partial charge is 0.0992 e. The number of nitrogens with zero attached hydrogens (tertiary/aromatic N) is 2. The summed E-state index contributed by atoms with van der Waals surface area (Å²) in [5.74, 6) is 0. The van der Waals surface area contributed by atoms with Crippen LogP contribution in [0.15, 0.2) is 42.5 Å². The van der Waals surface area contributed by atoms with Gasteiger partial charge >= 0.3 is 0 Å². The third kappa shape index (κ3) is 3.75. The number of anilines is 1. The summed E-state index contributed by atoms with van der Waals surface area (Å²) < 4.78 is 0. The van der Waals surface area contributed by atoms with Crippen LogP contribution in [0.1, 0.15) is 29.7 Å². The molecule has 0 amide bonds. The molecule has 108 valence electrons. The highest BCUT2D eigenvalue weighted by Gasteiger charge is 2.13. The van der Waals surface area contributed by atoms with Crippen molar-refractivity contribution in [3.05, 3.63) is 64.2 Å². The van der Waals surface area contributed by atoms with Crippen LogP contribution in [0.25, 0.3) is 0 Å². The Balaban J connectivity index is 2.31. The fourth-order valence-corrected chi connectivity index (χ4v) is 2.37. The van der Waals surface area contributed by atoms with E-state index in [1.165, 1.54) is 0 Å². The number of aliphatic hydroxyl groups is 1. The highest BCUT2D eigenvalue weighted by molar-refractivity contribution is 6.30. The summed E-state index contributed by atoms with van der Waals surface area (Å²) in [6, 6.07) is 15.1. The van der Waals surface area contributed by atoms with Gasteiger partial charge < -0.3 is 10.0 Å². The molecule has 0 heterocycles. The van der Waals surface area contributed by atoms with Crippen molar-refractivity contribution < 1.29 is 5.11 Å². The third-order valence-corrected chi connectivity index (χ3v) is 3.61.